The molecule has 0 aliphatic carbocycles. The summed E-state index contributed by atoms with van der Waals surface area (Å²) >= 11 is 0. The van der Waals surface area contributed by atoms with Gasteiger partial charge in [0.15, 0.2) is 0 Å². The van der Waals surface area contributed by atoms with E-state index < -0.39 is 14.9 Å². The molecule has 0 saturated carbocycles. The lowest BCUT2D eigenvalue weighted by molar-refractivity contribution is -0.880. The summed E-state index contributed by atoms with van der Waals surface area (Å²) in [5.74, 6) is 0.566. The van der Waals surface area contributed by atoms with E-state index in [0.717, 1.165) is 32.6 Å². The maximum absolute atomic E-state index is 13.1. The van der Waals surface area contributed by atoms with Crippen LogP contribution < -0.4 is 9.80 Å². The number of sulfonamides is 1. The average Bonchev–Trinajstić information content (AvgIpc) is 2.61. The van der Waals surface area contributed by atoms with Gasteiger partial charge < -0.3 is 9.80 Å². The van der Waals surface area contributed by atoms with E-state index in [1.165, 1.54) is 21.3 Å². The number of piperazine rings is 1. The number of hydrogen-bond donors (Lipinski definition) is 1. The van der Waals surface area contributed by atoms with Gasteiger partial charge in [-0.25, -0.2) is 8.42 Å². The van der Waals surface area contributed by atoms with Crippen LogP contribution in [0, 0.1) is 22.0 Å². The van der Waals surface area contributed by atoms with E-state index in [1.54, 1.807) is 6.07 Å². The first kappa shape index (κ1) is 20.0. The monoisotopic (exact) mass is 397 g/mol. The minimum absolute atomic E-state index is 0.0130. The molecule has 2 heterocycles. The molecule has 150 valence electrons. The number of anilines is 1. The van der Waals surface area contributed by atoms with Gasteiger partial charge in [-0.05, 0) is 30.4 Å². The van der Waals surface area contributed by atoms with Crippen LogP contribution in [-0.2, 0) is 10.0 Å². The Hall–Kier alpha value is -1.71. The van der Waals surface area contributed by atoms with Crippen LogP contribution in [0.4, 0.5) is 11.4 Å². The normalized spacial score (nSPS) is 25.5. The Bertz CT molecular complexity index is 796. The lowest BCUT2D eigenvalue weighted by Gasteiger charge is -2.34. The Balaban J connectivity index is 1.92. The molecule has 1 aromatic carbocycles. The molecule has 3 rings (SSSR count). The molecule has 0 aromatic heterocycles. The summed E-state index contributed by atoms with van der Waals surface area (Å²) in [4.78, 5) is 14.6. The SMILES string of the molecule is C[C@@H]1C[C@H](C)CN(S(=O)(=O)c2ccc(N3CC[NH+](C)CC3)c([N+](=O)[O-])c2)C1. The molecule has 2 aliphatic rings. The van der Waals surface area contributed by atoms with Crippen LogP contribution in [0.25, 0.3) is 0 Å². The third-order valence-electron chi connectivity index (χ3n) is 5.57. The molecule has 9 heteroatoms. The van der Waals surface area contributed by atoms with E-state index in [4.69, 9.17) is 0 Å². The molecule has 2 atom stereocenters. The first-order valence-corrected chi connectivity index (χ1v) is 11.0. The summed E-state index contributed by atoms with van der Waals surface area (Å²) < 4.78 is 27.6. The van der Waals surface area contributed by atoms with Crippen molar-refractivity contribution in [3.8, 4) is 0 Å². The predicted molar refractivity (Wildman–Crippen MR) is 104 cm³/mol. The van der Waals surface area contributed by atoms with Crippen LogP contribution >= 0.6 is 0 Å². The minimum Gasteiger partial charge on any atom is -0.355 e. The number of nitrogens with zero attached hydrogens (tertiary/aromatic N) is 3. The fraction of sp³-hybridized carbons (Fsp3) is 0.667. The van der Waals surface area contributed by atoms with Crippen molar-refractivity contribution in [3.05, 3.63) is 28.3 Å². The second-order valence-corrected chi connectivity index (χ2v) is 10.1. The molecule has 2 fully saturated rings. The highest BCUT2D eigenvalue weighted by molar-refractivity contribution is 7.89. The lowest BCUT2D eigenvalue weighted by Crippen LogP contribution is -3.12. The zero-order valence-electron chi connectivity index (χ0n) is 16.2. The topological polar surface area (TPSA) is 88.2 Å². The number of piperidine rings is 1. The van der Waals surface area contributed by atoms with Crippen molar-refractivity contribution in [1.82, 2.24) is 4.31 Å². The van der Waals surface area contributed by atoms with Crippen molar-refractivity contribution in [2.45, 2.75) is 25.2 Å². The molecule has 2 saturated heterocycles. The quantitative estimate of drug-likeness (QED) is 0.594. The van der Waals surface area contributed by atoms with Crippen molar-refractivity contribution in [2.75, 3.05) is 51.2 Å². The highest BCUT2D eigenvalue weighted by Gasteiger charge is 2.34. The predicted octanol–water partition coefficient (Wildman–Crippen LogP) is 0.596. The Morgan fingerprint density at radius 1 is 1.15 bits per heavy atom. The molecule has 0 radical (unpaired) electrons. The smallest absolute Gasteiger partial charge is 0.293 e. The van der Waals surface area contributed by atoms with Crippen molar-refractivity contribution in [1.29, 1.82) is 0 Å². The Morgan fingerprint density at radius 3 is 2.30 bits per heavy atom. The fourth-order valence-corrected chi connectivity index (χ4v) is 5.86. The van der Waals surface area contributed by atoms with Gasteiger partial charge in [0.25, 0.3) is 5.69 Å². The van der Waals surface area contributed by atoms with E-state index in [1.807, 2.05) is 18.7 Å². The molecule has 1 N–H and O–H groups in total. The fourth-order valence-electron chi connectivity index (χ4n) is 4.16. The average molecular weight is 398 g/mol. The first-order valence-electron chi connectivity index (χ1n) is 9.53. The summed E-state index contributed by atoms with van der Waals surface area (Å²) in [6, 6.07) is 4.36. The molecule has 8 nitrogen and oxygen atoms in total. The van der Waals surface area contributed by atoms with Gasteiger partial charge >= 0.3 is 0 Å². The number of rotatable bonds is 4. The first-order chi connectivity index (χ1) is 12.7. The van der Waals surface area contributed by atoms with Gasteiger partial charge in [0.1, 0.15) is 5.69 Å². The van der Waals surface area contributed by atoms with Crippen LogP contribution in [0.1, 0.15) is 20.3 Å². The van der Waals surface area contributed by atoms with Gasteiger partial charge in [-0.1, -0.05) is 13.8 Å². The molecule has 27 heavy (non-hydrogen) atoms. The number of nitro groups is 1. The zero-order chi connectivity index (χ0) is 19.8. The number of quaternary nitrogens is 1. The second kappa shape index (κ2) is 7.73. The van der Waals surface area contributed by atoms with Crippen LogP contribution in [0.3, 0.4) is 0 Å². The number of hydrogen-bond acceptors (Lipinski definition) is 5. The van der Waals surface area contributed by atoms with Crippen LogP contribution in [0.2, 0.25) is 0 Å². The van der Waals surface area contributed by atoms with Crippen molar-refractivity contribution < 1.29 is 18.2 Å². The Kier molecular flexibility index (Phi) is 5.73. The van der Waals surface area contributed by atoms with Crippen LogP contribution in [0.15, 0.2) is 23.1 Å². The van der Waals surface area contributed by atoms with E-state index in [0.29, 0.717) is 18.8 Å². The van der Waals surface area contributed by atoms with Gasteiger partial charge in [-0.15, -0.1) is 0 Å². The summed E-state index contributed by atoms with van der Waals surface area (Å²) in [5, 5.41) is 11.7. The van der Waals surface area contributed by atoms with Crippen LogP contribution in [0.5, 0.6) is 0 Å². The molecule has 0 bridgehead atoms. The standard InChI is InChI=1S/C18H28N4O4S/c1-14-10-15(2)13-21(12-14)27(25,26)16-4-5-17(18(11-16)22(23)24)20-8-6-19(3)7-9-20/h4-5,11,14-15H,6-10,12-13H2,1-3H3/p+1/t14-,15+. The summed E-state index contributed by atoms with van der Waals surface area (Å²) in [7, 11) is -1.63. The molecule has 2 aliphatic heterocycles. The highest BCUT2D eigenvalue weighted by Crippen LogP contribution is 2.33. The summed E-state index contributed by atoms with van der Waals surface area (Å²) in [5.41, 5.74) is 0.376. The van der Waals surface area contributed by atoms with E-state index in [9.17, 15) is 18.5 Å². The maximum Gasteiger partial charge on any atom is 0.293 e. The van der Waals surface area contributed by atoms with Gasteiger partial charge in [-0.3, -0.25) is 10.1 Å². The Morgan fingerprint density at radius 2 is 1.74 bits per heavy atom. The molecule has 0 spiro atoms. The summed E-state index contributed by atoms with van der Waals surface area (Å²) in [6.07, 6.45) is 0.997. The van der Waals surface area contributed by atoms with Crippen molar-refractivity contribution >= 4 is 21.4 Å². The molecular formula is C18H29N4O4S+. The van der Waals surface area contributed by atoms with Gasteiger partial charge in [0, 0.05) is 19.2 Å². The van der Waals surface area contributed by atoms with E-state index in [-0.39, 0.29) is 22.4 Å². The van der Waals surface area contributed by atoms with Gasteiger partial charge in [0.2, 0.25) is 10.0 Å². The van der Waals surface area contributed by atoms with Gasteiger partial charge in [-0.2, -0.15) is 4.31 Å². The van der Waals surface area contributed by atoms with Gasteiger partial charge in [0.05, 0.1) is 43.0 Å². The number of nitrogens with one attached hydrogen (secondary N) is 1. The van der Waals surface area contributed by atoms with E-state index in [2.05, 4.69) is 7.05 Å². The molecule has 0 amide bonds. The van der Waals surface area contributed by atoms with Crippen molar-refractivity contribution in [3.63, 3.8) is 0 Å². The lowest BCUT2D eigenvalue weighted by atomic mass is 9.94. The second-order valence-electron chi connectivity index (χ2n) is 8.12. The third-order valence-corrected chi connectivity index (χ3v) is 7.40. The largest absolute Gasteiger partial charge is 0.355 e. The maximum atomic E-state index is 13.1. The van der Waals surface area contributed by atoms with Crippen molar-refractivity contribution in [2.24, 2.45) is 11.8 Å². The van der Waals surface area contributed by atoms with E-state index >= 15 is 0 Å². The highest BCUT2D eigenvalue weighted by atomic mass is 32.2. The molecule has 1 aromatic rings. The summed E-state index contributed by atoms with van der Waals surface area (Å²) in [6.45, 7) is 8.26. The zero-order valence-corrected chi connectivity index (χ0v) is 17.0. The third kappa shape index (κ3) is 4.25. The number of nitro benzene ring substituents is 1. The Labute approximate surface area is 160 Å². The van der Waals surface area contributed by atoms with Crippen LogP contribution in [-0.4, -0.2) is 64.0 Å². The molecule has 0 unspecified atom stereocenters. The number of benzene rings is 1. The minimum atomic E-state index is -3.73. The number of likely N-dealkylation sites (N-methyl/N-ethyl adjacent to an activating group) is 1. The molecular weight excluding hydrogens is 368 g/mol.